The summed E-state index contributed by atoms with van der Waals surface area (Å²) >= 11 is 1.50. The highest BCUT2D eigenvalue weighted by molar-refractivity contribution is 7.89. The van der Waals surface area contributed by atoms with Crippen LogP contribution in [0.4, 0.5) is 5.00 Å². The second kappa shape index (κ2) is 12.5. The summed E-state index contributed by atoms with van der Waals surface area (Å²) in [6.07, 6.45) is 5.27. The van der Waals surface area contributed by atoms with Gasteiger partial charge in [0.15, 0.2) is 0 Å². The van der Waals surface area contributed by atoms with Crippen molar-refractivity contribution >= 4 is 38.2 Å². The van der Waals surface area contributed by atoms with Crippen molar-refractivity contribution in [2.45, 2.75) is 111 Å². The maximum absolute atomic E-state index is 13.9. The van der Waals surface area contributed by atoms with Gasteiger partial charge in [0.25, 0.3) is 11.8 Å². The molecule has 1 aromatic heterocycles. The Morgan fingerprint density at radius 1 is 1.07 bits per heavy atom. The van der Waals surface area contributed by atoms with Crippen LogP contribution in [0.5, 0.6) is 0 Å². The number of amides is 2. The molecule has 2 bridgehead atoms. The van der Waals surface area contributed by atoms with Gasteiger partial charge in [-0.2, -0.15) is 4.31 Å². The molecule has 2 aromatic rings. The minimum absolute atomic E-state index is 0.00384. The van der Waals surface area contributed by atoms with E-state index in [9.17, 15) is 18.0 Å². The number of thiophene rings is 1. The first-order valence-electron chi connectivity index (χ1n) is 16.3. The molecule has 5 rings (SSSR count). The lowest BCUT2D eigenvalue weighted by Gasteiger charge is -2.39. The van der Waals surface area contributed by atoms with Crippen LogP contribution in [0.3, 0.4) is 0 Å². The van der Waals surface area contributed by atoms with Crippen molar-refractivity contribution in [3.05, 3.63) is 45.8 Å². The molecule has 10 heteroatoms. The summed E-state index contributed by atoms with van der Waals surface area (Å²) in [7, 11) is -3.69. The number of hydrogen-bond donors (Lipinski definition) is 1. The fraction of sp³-hybridized carbons (Fsp3) is 0.647. The molecule has 2 aliphatic heterocycles. The van der Waals surface area contributed by atoms with Gasteiger partial charge in [-0.1, -0.05) is 34.6 Å². The van der Waals surface area contributed by atoms with Crippen molar-refractivity contribution in [1.82, 2.24) is 14.1 Å². The first-order chi connectivity index (χ1) is 20.7. The fourth-order valence-corrected chi connectivity index (χ4v) is 11.0. The minimum atomic E-state index is -3.69. The third kappa shape index (κ3) is 6.50. The molecule has 0 spiro atoms. The Bertz CT molecular complexity index is 1490. The van der Waals surface area contributed by atoms with Gasteiger partial charge in [-0.25, -0.2) is 8.42 Å². The zero-order chi connectivity index (χ0) is 32.0. The molecule has 3 aliphatic rings. The Morgan fingerprint density at radius 3 is 2.34 bits per heavy atom. The third-order valence-corrected chi connectivity index (χ3v) is 12.7. The topological polar surface area (TPSA) is 90.0 Å². The summed E-state index contributed by atoms with van der Waals surface area (Å²) in [6, 6.07) is 6.68. The lowest BCUT2D eigenvalue weighted by Crippen LogP contribution is -2.37. The molecular formula is C34H50N4O4S2. The molecule has 1 N–H and O–H groups in total. The fourth-order valence-electron chi connectivity index (χ4n) is 7.97. The van der Waals surface area contributed by atoms with E-state index >= 15 is 0 Å². The third-order valence-electron chi connectivity index (χ3n) is 9.62. The molecule has 2 unspecified atom stereocenters. The maximum atomic E-state index is 13.9. The number of nitrogens with one attached hydrogen (secondary N) is 1. The van der Waals surface area contributed by atoms with Crippen molar-refractivity contribution < 1.29 is 18.0 Å². The first-order valence-corrected chi connectivity index (χ1v) is 18.5. The van der Waals surface area contributed by atoms with Crippen LogP contribution < -0.4 is 5.32 Å². The van der Waals surface area contributed by atoms with Gasteiger partial charge in [0.1, 0.15) is 5.00 Å². The molecule has 1 aromatic carbocycles. The van der Waals surface area contributed by atoms with E-state index in [0.717, 1.165) is 62.1 Å². The summed E-state index contributed by atoms with van der Waals surface area (Å²) in [5, 5.41) is 3.65. The zero-order valence-electron chi connectivity index (χ0n) is 27.5. The summed E-state index contributed by atoms with van der Waals surface area (Å²) in [4.78, 5) is 33.2. The number of sulfonamides is 1. The van der Waals surface area contributed by atoms with Crippen LogP contribution >= 0.6 is 11.3 Å². The van der Waals surface area contributed by atoms with Gasteiger partial charge in [-0.15, -0.1) is 11.3 Å². The van der Waals surface area contributed by atoms with Gasteiger partial charge in [0.05, 0.1) is 10.5 Å². The van der Waals surface area contributed by atoms with Gasteiger partial charge in [0, 0.05) is 55.2 Å². The van der Waals surface area contributed by atoms with Crippen molar-refractivity contribution in [3.63, 3.8) is 0 Å². The number of fused-ring (bicyclic) bond motifs is 3. The maximum Gasteiger partial charge on any atom is 0.257 e. The summed E-state index contributed by atoms with van der Waals surface area (Å²) in [5.41, 5.74) is 2.15. The summed E-state index contributed by atoms with van der Waals surface area (Å²) < 4.78 is 29.2. The molecule has 1 saturated carbocycles. The first kappa shape index (κ1) is 33.1. The number of rotatable bonds is 10. The smallest absolute Gasteiger partial charge is 0.257 e. The van der Waals surface area contributed by atoms with E-state index in [2.05, 4.69) is 58.7 Å². The van der Waals surface area contributed by atoms with Crippen LogP contribution in [0.2, 0.25) is 0 Å². The predicted molar refractivity (Wildman–Crippen MR) is 178 cm³/mol. The highest BCUT2D eigenvalue weighted by atomic mass is 32.2. The molecule has 2 fully saturated rings. The van der Waals surface area contributed by atoms with Crippen LogP contribution in [0.1, 0.15) is 112 Å². The highest BCUT2D eigenvalue weighted by Crippen LogP contribution is 2.53. The molecule has 44 heavy (non-hydrogen) atoms. The Morgan fingerprint density at radius 2 is 1.73 bits per heavy atom. The number of nitrogens with zero attached hydrogens (tertiary/aromatic N) is 3. The van der Waals surface area contributed by atoms with Crippen molar-refractivity contribution in [2.75, 3.05) is 31.5 Å². The molecule has 1 aliphatic carbocycles. The number of anilines is 1. The monoisotopic (exact) mass is 642 g/mol. The lowest BCUT2D eigenvalue weighted by molar-refractivity contribution is 0.0755. The second-order valence-corrected chi connectivity index (χ2v) is 17.6. The van der Waals surface area contributed by atoms with Crippen molar-refractivity contribution in [3.8, 4) is 0 Å². The normalized spacial score (nSPS) is 23.5. The van der Waals surface area contributed by atoms with E-state index in [1.807, 2.05) is 4.90 Å². The van der Waals surface area contributed by atoms with Crippen LogP contribution in [-0.4, -0.2) is 72.6 Å². The Balaban J connectivity index is 1.39. The molecule has 1 saturated heterocycles. The van der Waals surface area contributed by atoms with Crippen LogP contribution in [-0.2, 0) is 23.0 Å². The lowest BCUT2D eigenvalue weighted by atomic mass is 9.65. The van der Waals surface area contributed by atoms with E-state index in [-0.39, 0.29) is 33.6 Å². The van der Waals surface area contributed by atoms with E-state index in [4.69, 9.17) is 0 Å². The van der Waals surface area contributed by atoms with Gasteiger partial charge in [-0.05, 0) is 93.0 Å². The molecule has 2 atom stereocenters. The molecule has 2 amide bonds. The van der Waals surface area contributed by atoms with Crippen LogP contribution in [0.25, 0.3) is 0 Å². The van der Waals surface area contributed by atoms with Crippen LogP contribution in [0.15, 0.2) is 29.2 Å². The van der Waals surface area contributed by atoms with Gasteiger partial charge >= 0.3 is 0 Å². The van der Waals surface area contributed by atoms with E-state index < -0.39 is 10.0 Å². The molecule has 8 nitrogen and oxygen atoms in total. The van der Waals surface area contributed by atoms with Gasteiger partial charge < -0.3 is 10.2 Å². The summed E-state index contributed by atoms with van der Waals surface area (Å²) in [6.45, 7) is 18.7. The van der Waals surface area contributed by atoms with Crippen molar-refractivity contribution in [2.24, 2.45) is 10.8 Å². The predicted octanol–water partition coefficient (Wildman–Crippen LogP) is 6.62. The second-order valence-electron chi connectivity index (χ2n) is 14.6. The number of benzene rings is 1. The van der Waals surface area contributed by atoms with E-state index in [1.165, 1.54) is 11.3 Å². The Kier molecular flexibility index (Phi) is 9.40. The van der Waals surface area contributed by atoms with Gasteiger partial charge in [0.2, 0.25) is 10.0 Å². The summed E-state index contributed by atoms with van der Waals surface area (Å²) in [5.74, 6) is -0.361. The molecule has 3 heterocycles. The standard InChI is InChI=1S/C34H50N4O4S2/c1-8-15-36(16-9-2)32(40)29-27-14-17-37(23(3)4)20-28(27)43-31(29)35-30(39)24-10-12-26(13-11-24)44(41,42)38-22-34(7)19-25(38)18-33(5,6)21-34/h10-13,23,25H,8-9,14-22H2,1-7H3,(H,35,39). The zero-order valence-corrected chi connectivity index (χ0v) is 29.2. The number of carbonyl (C=O) groups is 2. The molecule has 242 valence electrons. The quantitative estimate of drug-likeness (QED) is 0.315. The van der Waals surface area contributed by atoms with Crippen molar-refractivity contribution in [1.29, 1.82) is 0 Å². The number of hydrogen-bond acceptors (Lipinski definition) is 6. The largest absolute Gasteiger partial charge is 0.339 e. The van der Waals surface area contributed by atoms with Gasteiger partial charge in [-0.3, -0.25) is 14.5 Å². The highest BCUT2D eigenvalue weighted by Gasteiger charge is 2.53. The average molecular weight is 643 g/mol. The van der Waals surface area contributed by atoms with Crippen LogP contribution in [0, 0.1) is 10.8 Å². The molecule has 0 radical (unpaired) electrons. The Labute approximate surface area is 268 Å². The minimum Gasteiger partial charge on any atom is -0.339 e. The SMILES string of the molecule is CCCN(CCC)C(=O)c1c(NC(=O)c2ccc(S(=O)(=O)N3CC4(C)CC3CC(C)(C)C4)cc2)sc2c1CCN(C(C)C)C2. The van der Waals surface area contributed by atoms with E-state index in [1.54, 1.807) is 28.6 Å². The molecular weight excluding hydrogens is 593 g/mol. The Hall–Kier alpha value is -2.27. The number of carbonyl (C=O) groups excluding carboxylic acids is 2. The average Bonchev–Trinajstić information content (AvgIpc) is 3.44. The van der Waals surface area contributed by atoms with E-state index in [0.29, 0.717) is 41.8 Å².